The first-order chi connectivity index (χ1) is 10.2. The van der Waals surface area contributed by atoms with Crippen LogP contribution >= 0.6 is 24.0 Å². The summed E-state index contributed by atoms with van der Waals surface area (Å²) in [5.74, 6) is 1.41. The van der Waals surface area contributed by atoms with E-state index in [0.29, 0.717) is 12.5 Å². The molecule has 0 spiro atoms. The Bertz CT molecular complexity index is 475. The van der Waals surface area contributed by atoms with Crippen LogP contribution in [0, 0.1) is 5.92 Å². The standard InChI is InChI=1S/C15H31N3O3S.HI/c1-6-16-14(18-9-7-13(11-18)12-21-5)17-8-10-22(19,20)15(2,3)4;/h13H,6-12H2,1-5H3,(H,16,17);1H. The number of hydrogen-bond donors (Lipinski definition) is 1. The van der Waals surface area contributed by atoms with E-state index in [4.69, 9.17) is 4.74 Å². The van der Waals surface area contributed by atoms with Gasteiger partial charge in [-0.05, 0) is 34.1 Å². The molecule has 1 saturated heterocycles. The number of ether oxygens (including phenoxy) is 1. The van der Waals surface area contributed by atoms with E-state index in [1.807, 2.05) is 6.92 Å². The molecule has 0 saturated carbocycles. The first kappa shape index (κ1) is 22.9. The zero-order valence-electron chi connectivity index (χ0n) is 15.0. The van der Waals surface area contributed by atoms with Gasteiger partial charge in [0, 0.05) is 32.7 Å². The van der Waals surface area contributed by atoms with Crippen molar-refractivity contribution in [3.8, 4) is 0 Å². The van der Waals surface area contributed by atoms with Crippen molar-refractivity contribution < 1.29 is 13.2 Å². The summed E-state index contributed by atoms with van der Waals surface area (Å²) in [6.07, 6.45) is 1.08. The van der Waals surface area contributed by atoms with Crippen molar-refractivity contribution in [1.82, 2.24) is 10.2 Å². The minimum atomic E-state index is -3.12. The van der Waals surface area contributed by atoms with Crippen molar-refractivity contribution in [2.24, 2.45) is 10.9 Å². The fourth-order valence-electron chi connectivity index (χ4n) is 2.40. The third kappa shape index (κ3) is 7.13. The summed E-state index contributed by atoms with van der Waals surface area (Å²) in [5, 5.41) is 3.25. The van der Waals surface area contributed by atoms with Gasteiger partial charge in [-0.2, -0.15) is 0 Å². The van der Waals surface area contributed by atoms with Gasteiger partial charge < -0.3 is 15.0 Å². The van der Waals surface area contributed by atoms with Crippen LogP contribution in [0.1, 0.15) is 34.1 Å². The Labute approximate surface area is 158 Å². The average molecular weight is 461 g/mol. The molecule has 1 N–H and O–H groups in total. The second-order valence-electron chi connectivity index (χ2n) is 6.72. The van der Waals surface area contributed by atoms with Gasteiger partial charge in [0.15, 0.2) is 15.8 Å². The highest BCUT2D eigenvalue weighted by atomic mass is 127. The highest BCUT2D eigenvalue weighted by Crippen LogP contribution is 2.17. The summed E-state index contributed by atoms with van der Waals surface area (Å²) in [5.41, 5.74) is 0. The maximum Gasteiger partial charge on any atom is 0.193 e. The molecule has 1 rings (SSSR count). The molecule has 0 radical (unpaired) electrons. The number of halogens is 1. The maximum absolute atomic E-state index is 12.1. The molecule has 1 fully saturated rings. The van der Waals surface area contributed by atoms with E-state index in [1.54, 1.807) is 27.9 Å². The summed E-state index contributed by atoms with van der Waals surface area (Å²) in [6, 6.07) is 0. The number of nitrogens with zero attached hydrogens (tertiary/aromatic N) is 2. The van der Waals surface area contributed by atoms with Crippen molar-refractivity contribution in [2.75, 3.05) is 45.6 Å². The van der Waals surface area contributed by atoms with Gasteiger partial charge in [0.2, 0.25) is 0 Å². The van der Waals surface area contributed by atoms with Gasteiger partial charge in [-0.1, -0.05) is 0 Å². The van der Waals surface area contributed by atoms with Gasteiger partial charge in [0.1, 0.15) is 0 Å². The lowest BCUT2D eigenvalue weighted by atomic mass is 10.1. The number of likely N-dealkylation sites (tertiary alicyclic amines) is 1. The molecule has 0 bridgehead atoms. The van der Waals surface area contributed by atoms with E-state index >= 15 is 0 Å². The number of rotatable bonds is 6. The van der Waals surface area contributed by atoms with Crippen LogP contribution in [-0.2, 0) is 14.6 Å². The first-order valence-corrected chi connectivity index (χ1v) is 9.61. The molecule has 1 heterocycles. The van der Waals surface area contributed by atoms with Gasteiger partial charge in [-0.3, -0.25) is 4.99 Å². The molecule has 0 aromatic carbocycles. The minimum absolute atomic E-state index is 0. The van der Waals surface area contributed by atoms with Crippen molar-refractivity contribution >= 4 is 39.8 Å². The lowest BCUT2D eigenvalue weighted by Gasteiger charge is -2.22. The van der Waals surface area contributed by atoms with E-state index in [0.717, 1.165) is 38.6 Å². The second kappa shape index (κ2) is 10.0. The molecular weight excluding hydrogens is 429 g/mol. The van der Waals surface area contributed by atoms with Gasteiger partial charge in [0.05, 0.1) is 23.7 Å². The normalized spacial score (nSPS) is 19.6. The third-order valence-electron chi connectivity index (χ3n) is 3.88. The second-order valence-corrected chi connectivity index (χ2v) is 9.59. The Kier molecular flexibility index (Phi) is 9.99. The van der Waals surface area contributed by atoms with Crippen molar-refractivity contribution in [3.63, 3.8) is 0 Å². The Morgan fingerprint density at radius 3 is 2.57 bits per heavy atom. The maximum atomic E-state index is 12.1. The summed E-state index contributed by atoms with van der Waals surface area (Å²) in [4.78, 5) is 6.69. The summed E-state index contributed by atoms with van der Waals surface area (Å²) in [6.45, 7) is 10.9. The van der Waals surface area contributed by atoms with Crippen LogP contribution in [0.15, 0.2) is 4.99 Å². The number of sulfone groups is 1. The SMILES string of the molecule is CCNC(=NCCS(=O)(=O)C(C)(C)C)N1CCC(COC)C1.I. The number of hydrogen-bond acceptors (Lipinski definition) is 4. The van der Waals surface area contributed by atoms with Crippen molar-refractivity contribution in [3.05, 3.63) is 0 Å². The van der Waals surface area contributed by atoms with Gasteiger partial charge in [-0.25, -0.2) is 8.42 Å². The summed E-state index contributed by atoms with van der Waals surface area (Å²) >= 11 is 0. The number of guanidine groups is 1. The summed E-state index contributed by atoms with van der Waals surface area (Å²) in [7, 11) is -1.40. The minimum Gasteiger partial charge on any atom is -0.384 e. The predicted octanol–water partition coefficient (Wildman–Crippen LogP) is 1.75. The highest BCUT2D eigenvalue weighted by Gasteiger charge is 2.29. The quantitative estimate of drug-likeness (QED) is 0.371. The topological polar surface area (TPSA) is 71.0 Å². The van der Waals surface area contributed by atoms with E-state index < -0.39 is 14.6 Å². The fourth-order valence-corrected chi connectivity index (χ4v) is 3.34. The molecule has 23 heavy (non-hydrogen) atoms. The molecule has 6 nitrogen and oxygen atoms in total. The Morgan fingerprint density at radius 2 is 2.04 bits per heavy atom. The Balaban J connectivity index is 0.00000484. The number of methoxy groups -OCH3 is 1. The van der Waals surface area contributed by atoms with Crippen molar-refractivity contribution in [1.29, 1.82) is 0 Å². The third-order valence-corrected chi connectivity index (χ3v) is 6.46. The molecule has 1 aliphatic heterocycles. The number of nitrogens with one attached hydrogen (secondary N) is 1. The van der Waals surface area contributed by atoms with Crippen LogP contribution in [-0.4, -0.2) is 69.7 Å². The van der Waals surface area contributed by atoms with E-state index in [-0.39, 0.29) is 29.7 Å². The lowest BCUT2D eigenvalue weighted by Crippen LogP contribution is -2.41. The molecular formula is C15H32IN3O3S. The van der Waals surface area contributed by atoms with Crippen LogP contribution in [0.4, 0.5) is 0 Å². The smallest absolute Gasteiger partial charge is 0.193 e. The fraction of sp³-hybridized carbons (Fsp3) is 0.933. The van der Waals surface area contributed by atoms with Crippen LogP contribution in [0.25, 0.3) is 0 Å². The molecule has 1 aliphatic rings. The Morgan fingerprint density at radius 1 is 1.39 bits per heavy atom. The van der Waals surface area contributed by atoms with Crippen LogP contribution in [0.5, 0.6) is 0 Å². The van der Waals surface area contributed by atoms with Gasteiger partial charge >= 0.3 is 0 Å². The highest BCUT2D eigenvalue weighted by molar-refractivity contribution is 14.0. The lowest BCUT2D eigenvalue weighted by molar-refractivity contribution is 0.157. The zero-order valence-corrected chi connectivity index (χ0v) is 18.1. The number of aliphatic imine (C=N–C) groups is 1. The largest absolute Gasteiger partial charge is 0.384 e. The molecule has 0 aromatic heterocycles. The molecule has 0 aliphatic carbocycles. The van der Waals surface area contributed by atoms with Crippen molar-refractivity contribution in [2.45, 2.75) is 38.9 Å². The van der Waals surface area contributed by atoms with Crippen LogP contribution in [0.3, 0.4) is 0 Å². The van der Waals surface area contributed by atoms with Crippen LogP contribution in [0.2, 0.25) is 0 Å². The predicted molar refractivity (Wildman–Crippen MR) is 106 cm³/mol. The van der Waals surface area contributed by atoms with Gasteiger partial charge in [-0.15, -0.1) is 24.0 Å². The zero-order chi connectivity index (χ0) is 16.8. The van der Waals surface area contributed by atoms with Crippen LogP contribution < -0.4 is 5.32 Å². The van der Waals surface area contributed by atoms with E-state index in [1.165, 1.54) is 0 Å². The van der Waals surface area contributed by atoms with E-state index in [9.17, 15) is 8.42 Å². The monoisotopic (exact) mass is 461 g/mol. The molecule has 1 unspecified atom stereocenters. The molecule has 138 valence electrons. The molecule has 0 amide bonds. The average Bonchev–Trinajstić information content (AvgIpc) is 2.85. The molecule has 8 heteroatoms. The first-order valence-electron chi connectivity index (χ1n) is 7.95. The Hall–Kier alpha value is -0.0900. The summed E-state index contributed by atoms with van der Waals surface area (Å²) < 4.78 is 28.7. The molecule has 1 atom stereocenters. The van der Waals surface area contributed by atoms with E-state index in [2.05, 4.69) is 15.2 Å². The van der Waals surface area contributed by atoms with Gasteiger partial charge in [0.25, 0.3) is 0 Å². The molecule has 0 aromatic rings.